The van der Waals surface area contributed by atoms with Gasteiger partial charge in [-0.1, -0.05) is 32.9 Å². The molecule has 0 radical (unpaired) electrons. The maximum absolute atomic E-state index is 12.8. The van der Waals surface area contributed by atoms with Crippen molar-refractivity contribution >= 4 is 5.78 Å². The molecule has 1 aliphatic heterocycles. The number of benzene rings is 2. The summed E-state index contributed by atoms with van der Waals surface area (Å²) in [6, 6.07) is 11.1. The van der Waals surface area contributed by atoms with Crippen LogP contribution >= 0.6 is 0 Å². The number of carbonyl (C=O) groups is 1. The minimum Gasteiger partial charge on any atom is -0.508 e. The zero-order valence-electron chi connectivity index (χ0n) is 18.1. The van der Waals surface area contributed by atoms with Gasteiger partial charge in [0, 0.05) is 37.2 Å². The van der Waals surface area contributed by atoms with Crippen LogP contribution in [0.4, 0.5) is 0 Å². The average Bonchev–Trinajstić information content (AvgIpc) is 3.12. The lowest BCUT2D eigenvalue weighted by Crippen LogP contribution is -2.39. The van der Waals surface area contributed by atoms with E-state index in [1.807, 2.05) is 32.9 Å². The van der Waals surface area contributed by atoms with Gasteiger partial charge in [-0.15, -0.1) is 10.2 Å². The van der Waals surface area contributed by atoms with E-state index in [0.717, 1.165) is 18.8 Å². The third-order valence-electron chi connectivity index (χ3n) is 5.80. The van der Waals surface area contributed by atoms with Crippen LogP contribution in [0, 0.1) is 0 Å². The molecule has 7 heteroatoms. The highest BCUT2D eigenvalue weighted by atomic mass is 16.3. The van der Waals surface area contributed by atoms with Gasteiger partial charge in [0.2, 0.25) is 11.6 Å². The number of Topliss-reactive ketones (excluding diaryl/α,β-unsaturated/α-hetero) is 1. The van der Waals surface area contributed by atoms with E-state index in [1.165, 1.54) is 11.6 Å². The summed E-state index contributed by atoms with van der Waals surface area (Å²) in [4.78, 5) is 12.8. The summed E-state index contributed by atoms with van der Waals surface area (Å²) in [5.74, 6) is 0.990. The van der Waals surface area contributed by atoms with Crippen LogP contribution in [0.2, 0.25) is 0 Å². The number of hydrogen-bond donors (Lipinski definition) is 3. The first-order valence-corrected chi connectivity index (χ1v) is 10.8. The van der Waals surface area contributed by atoms with Crippen molar-refractivity contribution in [3.05, 3.63) is 53.3 Å². The first kappa shape index (κ1) is 21.1. The van der Waals surface area contributed by atoms with Crippen molar-refractivity contribution < 1.29 is 15.0 Å². The van der Waals surface area contributed by atoms with Crippen molar-refractivity contribution in [2.24, 2.45) is 0 Å². The summed E-state index contributed by atoms with van der Waals surface area (Å²) in [5, 5.41) is 32.6. The summed E-state index contributed by atoms with van der Waals surface area (Å²) in [5.41, 5.74) is 3.12. The van der Waals surface area contributed by atoms with Crippen LogP contribution in [-0.2, 0) is 0 Å². The van der Waals surface area contributed by atoms with E-state index in [-0.39, 0.29) is 29.0 Å². The summed E-state index contributed by atoms with van der Waals surface area (Å²) in [6.07, 6.45) is 1.07. The Kier molecular flexibility index (Phi) is 5.78. The number of nitrogens with one attached hydrogen (secondary N) is 1. The SMILES string of the molecule is CCCC(=O)c1nnc(-c2cc(C(C)C)c(O)cc2O)n1-c1ccc(C2CNC2)cc1. The summed E-state index contributed by atoms with van der Waals surface area (Å²) < 4.78 is 1.71. The van der Waals surface area contributed by atoms with Crippen LogP contribution in [0.5, 0.6) is 11.5 Å². The van der Waals surface area contributed by atoms with E-state index in [9.17, 15) is 15.0 Å². The molecule has 7 nitrogen and oxygen atoms in total. The summed E-state index contributed by atoms with van der Waals surface area (Å²) >= 11 is 0. The number of carbonyl (C=O) groups excluding carboxylic acids is 1. The van der Waals surface area contributed by atoms with Gasteiger partial charge in [0.15, 0.2) is 5.82 Å². The van der Waals surface area contributed by atoms with E-state index in [0.29, 0.717) is 35.7 Å². The van der Waals surface area contributed by atoms with Crippen LogP contribution in [0.3, 0.4) is 0 Å². The lowest BCUT2D eigenvalue weighted by atomic mass is 9.93. The predicted molar refractivity (Wildman–Crippen MR) is 119 cm³/mol. The molecule has 1 aliphatic rings. The van der Waals surface area contributed by atoms with Gasteiger partial charge in [-0.2, -0.15) is 0 Å². The molecule has 1 fully saturated rings. The van der Waals surface area contributed by atoms with Crippen LogP contribution < -0.4 is 5.32 Å². The first-order valence-electron chi connectivity index (χ1n) is 10.8. The van der Waals surface area contributed by atoms with E-state index in [2.05, 4.69) is 27.6 Å². The zero-order chi connectivity index (χ0) is 22.1. The molecule has 1 saturated heterocycles. The van der Waals surface area contributed by atoms with E-state index < -0.39 is 0 Å². The molecule has 4 rings (SSSR count). The number of hydrogen-bond acceptors (Lipinski definition) is 6. The molecule has 0 amide bonds. The fourth-order valence-corrected chi connectivity index (χ4v) is 3.88. The van der Waals surface area contributed by atoms with Gasteiger partial charge in [0.25, 0.3) is 0 Å². The molecule has 0 spiro atoms. The van der Waals surface area contributed by atoms with Crippen LogP contribution in [0.1, 0.15) is 67.2 Å². The largest absolute Gasteiger partial charge is 0.508 e. The number of phenolic OH excluding ortho intramolecular Hbond substituents is 2. The second-order valence-corrected chi connectivity index (χ2v) is 8.39. The minimum atomic E-state index is -0.109. The zero-order valence-corrected chi connectivity index (χ0v) is 18.1. The van der Waals surface area contributed by atoms with Crippen molar-refractivity contribution in [3.8, 4) is 28.6 Å². The predicted octanol–water partition coefficient (Wildman–Crippen LogP) is 4.14. The molecule has 3 N–H and O–H groups in total. The van der Waals surface area contributed by atoms with Crippen molar-refractivity contribution in [3.63, 3.8) is 0 Å². The smallest absolute Gasteiger partial charge is 0.205 e. The number of rotatable bonds is 7. The van der Waals surface area contributed by atoms with Gasteiger partial charge in [-0.3, -0.25) is 9.36 Å². The van der Waals surface area contributed by atoms with E-state index >= 15 is 0 Å². The maximum Gasteiger partial charge on any atom is 0.205 e. The molecule has 1 aromatic heterocycles. The normalized spacial score (nSPS) is 14.1. The molecule has 0 bridgehead atoms. The fraction of sp³-hybridized carbons (Fsp3) is 0.375. The highest BCUT2D eigenvalue weighted by Gasteiger charge is 2.25. The molecule has 2 heterocycles. The lowest BCUT2D eigenvalue weighted by molar-refractivity contribution is 0.0969. The molecule has 0 aliphatic carbocycles. The minimum absolute atomic E-state index is 0.0306. The Bertz CT molecular complexity index is 1100. The van der Waals surface area contributed by atoms with Crippen molar-refractivity contribution in [1.82, 2.24) is 20.1 Å². The molecule has 0 unspecified atom stereocenters. The quantitative estimate of drug-likeness (QED) is 0.497. The molecular formula is C24H28N4O3. The number of phenols is 2. The molecular weight excluding hydrogens is 392 g/mol. The Balaban J connectivity index is 1.86. The Hall–Kier alpha value is -3.19. The first-order chi connectivity index (χ1) is 14.9. The van der Waals surface area contributed by atoms with Crippen molar-refractivity contribution in [2.75, 3.05) is 13.1 Å². The Morgan fingerprint density at radius 1 is 1.13 bits per heavy atom. The van der Waals surface area contributed by atoms with Gasteiger partial charge in [-0.25, -0.2) is 0 Å². The van der Waals surface area contributed by atoms with Crippen LogP contribution in [-0.4, -0.2) is 43.9 Å². The third-order valence-corrected chi connectivity index (χ3v) is 5.80. The highest BCUT2D eigenvalue weighted by Crippen LogP contribution is 2.38. The topological polar surface area (TPSA) is 100 Å². The van der Waals surface area contributed by atoms with Gasteiger partial charge in [0.1, 0.15) is 11.5 Å². The fourth-order valence-electron chi connectivity index (χ4n) is 3.88. The second-order valence-electron chi connectivity index (χ2n) is 8.39. The van der Waals surface area contributed by atoms with Gasteiger partial charge in [-0.05, 0) is 41.7 Å². The van der Waals surface area contributed by atoms with Gasteiger partial charge >= 0.3 is 0 Å². The maximum atomic E-state index is 12.8. The number of aromatic nitrogens is 3. The Morgan fingerprint density at radius 2 is 1.84 bits per heavy atom. The molecule has 2 aromatic carbocycles. The molecule has 3 aromatic rings. The summed E-state index contributed by atoms with van der Waals surface area (Å²) in [7, 11) is 0. The molecule has 162 valence electrons. The van der Waals surface area contributed by atoms with Crippen LogP contribution in [0.15, 0.2) is 36.4 Å². The molecule has 0 saturated carbocycles. The van der Waals surface area contributed by atoms with E-state index in [1.54, 1.807) is 10.6 Å². The van der Waals surface area contributed by atoms with Gasteiger partial charge < -0.3 is 15.5 Å². The number of aromatic hydroxyl groups is 2. The summed E-state index contributed by atoms with van der Waals surface area (Å²) in [6.45, 7) is 7.81. The number of ketones is 1. The second kappa shape index (κ2) is 8.51. The third kappa shape index (κ3) is 3.93. The Labute approximate surface area is 181 Å². The molecule has 31 heavy (non-hydrogen) atoms. The van der Waals surface area contributed by atoms with Crippen molar-refractivity contribution in [1.29, 1.82) is 0 Å². The lowest BCUT2D eigenvalue weighted by Gasteiger charge is -2.27. The average molecular weight is 421 g/mol. The van der Waals surface area contributed by atoms with Crippen molar-refractivity contribution in [2.45, 2.75) is 45.4 Å². The Morgan fingerprint density at radius 3 is 2.42 bits per heavy atom. The van der Waals surface area contributed by atoms with E-state index in [4.69, 9.17) is 0 Å². The monoisotopic (exact) mass is 420 g/mol. The highest BCUT2D eigenvalue weighted by molar-refractivity contribution is 5.94. The standard InChI is InChI=1S/C24H28N4O3/c1-4-5-20(29)24-27-26-23(19-10-18(14(2)3)21(30)11-22(19)31)28(24)17-8-6-15(7-9-17)16-12-25-13-16/h6-11,14,16,25,30-31H,4-5,12-13H2,1-3H3. The number of nitrogens with zero attached hydrogens (tertiary/aromatic N) is 3. The van der Waals surface area contributed by atoms with Crippen LogP contribution in [0.25, 0.3) is 17.1 Å². The molecule has 0 atom stereocenters. The van der Waals surface area contributed by atoms with Gasteiger partial charge in [0.05, 0.1) is 5.56 Å².